The van der Waals surface area contributed by atoms with E-state index >= 15 is 0 Å². The summed E-state index contributed by atoms with van der Waals surface area (Å²) in [5, 5.41) is 15.7. The Morgan fingerprint density at radius 1 is 0.722 bits per heavy atom. The Labute approximate surface area is 423 Å². The Kier molecular flexibility index (Phi) is 20.9. The maximum Gasteiger partial charge on any atom is 0.246 e. The van der Waals surface area contributed by atoms with Crippen LogP contribution in [0.15, 0.2) is 91.1 Å². The van der Waals surface area contributed by atoms with E-state index in [-0.39, 0.29) is 54.1 Å². The van der Waals surface area contributed by atoms with E-state index in [9.17, 15) is 38.4 Å². The van der Waals surface area contributed by atoms with Gasteiger partial charge in [0.25, 0.3) is 0 Å². The molecule has 5 N–H and O–H groups in total. The summed E-state index contributed by atoms with van der Waals surface area (Å²) in [5.41, 5.74) is 3.52. The topological polar surface area (TPSA) is 205 Å². The maximum atomic E-state index is 14.5. The number of rotatable bonds is 24. The van der Waals surface area contributed by atoms with Crippen molar-refractivity contribution in [3.8, 4) is 0 Å². The van der Waals surface area contributed by atoms with Crippen molar-refractivity contribution in [3.05, 3.63) is 113 Å². The lowest BCUT2D eigenvalue weighted by molar-refractivity contribution is -0.147. The Morgan fingerprint density at radius 2 is 1.39 bits per heavy atom. The lowest BCUT2D eigenvalue weighted by atomic mass is 9.93. The molecule has 5 atom stereocenters. The van der Waals surface area contributed by atoms with E-state index in [1.54, 1.807) is 35.2 Å². The largest absolute Gasteiger partial charge is 0.355 e. The minimum Gasteiger partial charge on any atom is -0.355 e. The summed E-state index contributed by atoms with van der Waals surface area (Å²) in [7, 11) is 0. The summed E-state index contributed by atoms with van der Waals surface area (Å²) < 4.78 is 1.84. The number of nitrogens with zero attached hydrogens (tertiary/aromatic N) is 2. The Balaban J connectivity index is 1.02. The quantitative estimate of drug-likeness (QED) is 0.0288. The van der Waals surface area contributed by atoms with Gasteiger partial charge in [-0.25, -0.2) is 0 Å². The van der Waals surface area contributed by atoms with Crippen molar-refractivity contribution in [3.63, 3.8) is 0 Å². The predicted molar refractivity (Wildman–Crippen MR) is 278 cm³/mol. The minimum absolute atomic E-state index is 0.0266. The molecule has 3 heterocycles. The Bertz CT molecular complexity index is 2540. The van der Waals surface area contributed by atoms with E-state index in [1.165, 1.54) is 6.08 Å². The number of carbonyl (C=O) groups is 8. The molecule has 72 heavy (non-hydrogen) atoms. The van der Waals surface area contributed by atoms with Crippen molar-refractivity contribution >= 4 is 64.0 Å². The number of para-hydroxylation sites is 1. The second-order valence-corrected chi connectivity index (χ2v) is 19.2. The number of fused-ring (bicyclic) bond motifs is 2. The zero-order valence-corrected chi connectivity index (χ0v) is 42.2. The van der Waals surface area contributed by atoms with Crippen LogP contribution in [0.1, 0.15) is 138 Å². The molecule has 2 fully saturated rings. The molecule has 4 aromatic rings. The molecular formula is C57H73N7O8. The third-order valence-corrected chi connectivity index (χ3v) is 13.9. The molecule has 3 aromatic carbocycles. The highest BCUT2D eigenvalue weighted by molar-refractivity contribution is 6.09. The molecule has 0 radical (unpaired) electrons. The standard InChI is InChI=1S/C57H73N7O8/c1-4-39(3)52-57(72)64-35-19-16-26-49(64)56(71)60-46(24-13-9-12-22-44(65)5-2)54(69)61-47(55(70)62-52)36-43-37-63(48-25-15-14-23-45(43)48)38-51(67)59-34-18-7-6-17-33-58-50(66)32-29-40-27-30-42(31-28-40)53(68)41-20-10-8-11-21-41/h8,10-11,14-15,20-21,23,25,27-32,37,39,46-47,49,52H,4-7,9,12-13,16-19,22,24,26,33-36,38H2,1-3H3,(H,58,66)(H,59,67)(H,60,71)(H,61,69)(H,62,70)/t39?,46-,47-,49?,52-/m0/s1. The first kappa shape index (κ1) is 54.4. The number of amides is 6. The molecule has 0 saturated carbocycles. The van der Waals surface area contributed by atoms with Gasteiger partial charge in [-0.3, -0.25) is 38.4 Å². The van der Waals surface area contributed by atoms with Gasteiger partial charge >= 0.3 is 0 Å². The van der Waals surface area contributed by atoms with Gasteiger partial charge < -0.3 is 36.1 Å². The van der Waals surface area contributed by atoms with Gasteiger partial charge in [-0.2, -0.15) is 0 Å². The van der Waals surface area contributed by atoms with Crippen LogP contribution in [0.4, 0.5) is 0 Å². The zero-order valence-electron chi connectivity index (χ0n) is 42.2. The molecule has 6 amide bonds. The molecule has 2 unspecified atom stereocenters. The smallest absolute Gasteiger partial charge is 0.246 e. The summed E-state index contributed by atoms with van der Waals surface area (Å²) in [6.45, 7) is 7.07. The predicted octanol–water partition coefficient (Wildman–Crippen LogP) is 6.75. The van der Waals surface area contributed by atoms with Gasteiger partial charge in [0.1, 0.15) is 36.5 Å². The summed E-state index contributed by atoms with van der Waals surface area (Å²) in [5.74, 6) is -2.22. The van der Waals surface area contributed by atoms with E-state index in [0.29, 0.717) is 82.1 Å². The van der Waals surface area contributed by atoms with Gasteiger partial charge in [0.2, 0.25) is 35.4 Å². The van der Waals surface area contributed by atoms with Crippen molar-refractivity contribution in [2.24, 2.45) is 5.92 Å². The number of ketones is 2. The van der Waals surface area contributed by atoms with Crippen LogP contribution in [-0.4, -0.2) is 100 Å². The average molecular weight is 984 g/mol. The zero-order chi connectivity index (χ0) is 51.4. The summed E-state index contributed by atoms with van der Waals surface area (Å²) >= 11 is 0. The van der Waals surface area contributed by atoms with E-state index in [0.717, 1.165) is 60.6 Å². The molecule has 0 aliphatic carbocycles. The summed E-state index contributed by atoms with van der Waals surface area (Å²) in [6.07, 6.45) is 14.1. The van der Waals surface area contributed by atoms with Crippen molar-refractivity contribution < 1.29 is 38.4 Å². The highest BCUT2D eigenvalue weighted by Gasteiger charge is 2.41. The van der Waals surface area contributed by atoms with Gasteiger partial charge in [-0.05, 0) is 74.1 Å². The van der Waals surface area contributed by atoms with Crippen LogP contribution in [-0.2, 0) is 46.5 Å². The number of hydrogen-bond donors (Lipinski definition) is 5. The van der Waals surface area contributed by atoms with Gasteiger partial charge in [0, 0.05) is 73.2 Å². The fraction of sp³-hybridized carbons (Fsp3) is 0.474. The number of hydrogen-bond acceptors (Lipinski definition) is 8. The number of benzene rings is 3. The Morgan fingerprint density at radius 3 is 2.12 bits per heavy atom. The van der Waals surface area contributed by atoms with Crippen molar-refractivity contribution in [1.82, 2.24) is 36.1 Å². The van der Waals surface area contributed by atoms with E-state index < -0.39 is 36.0 Å². The molecule has 15 heteroatoms. The number of piperidine rings is 1. The fourth-order valence-electron chi connectivity index (χ4n) is 9.45. The van der Waals surface area contributed by atoms with Crippen LogP contribution < -0.4 is 26.6 Å². The molecule has 1 aromatic heterocycles. The fourth-order valence-corrected chi connectivity index (χ4v) is 9.45. The van der Waals surface area contributed by atoms with Crippen molar-refractivity contribution in [1.29, 1.82) is 0 Å². The first-order valence-electron chi connectivity index (χ1n) is 26.1. The first-order chi connectivity index (χ1) is 34.9. The molecule has 384 valence electrons. The number of unbranched alkanes of at least 4 members (excludes halogenated alkanes) is 5. The van der Waals surface area contributed by atoms with Crippen LogP contribution in [0, 0.1) is 5.92 Å². The molecule has 15 nitrogen and oxygen atoms in total. The van der Waals surface area contributed by atoms with E-state index in [4.69, 9.17) is 0 Å². The van der Waals surface area contributed by atoms with Crippen LogP contribution >= 0.6 is 0 Å². The van der Waals surface area contributed by atoms with Crippen molar-refractivity contribution in [2.75, 3.05) is 19.6 Å². The summed E-state index contributed by atoms with van der Waals surface area (Å²) in [4.78, 5) is 109. The highest BCUT2D eigenvalue weighted by Crippen LogP contribution is 2.25. The average Bonchev–Trinajstić information content (AvgIpc) is 3.74. The van der Waals surface area contributed by atoms with Crippen LogP contribution in [0.2, 0.25) is 0 Å². The molecule has 6 rings (SSSR count). The number of nitrogens with one attached hydrogen (secondary N) is 5. The van der Waals surface area contributed by atoms with Gasteiger partial charge in [0.15, 0.2) is 5.78 Å². The number of Topliss-reactive ketones (excluding diaryl/α,β-unsaturated/α-hetero) is 1. The Hall–Kier alpha value is -6.90. The molecule has 0 bridgehead atoms. The molecule has 2 aliphatic rings. The molecule has 2 saturated heterocycles. The molecule has 0 spiro atoms. The maximum absolute atomic E-state index is 14.5. The normalized spacial score (nSPS) is 19.1. The number of carbonyl (C=O) groups excluding carboxylic acids is 8. The van der Waals surface area contributed by atoms with E-state index in [1.807, 2.05) is 86.1 Å². The van der Waals surface area contributed by atoms with Crippen molar-refractivity contribution in [2.45, 2.75) is 148 Å². The van der Waals surface area contributed by atoms with Gasteiger partial charge in [0.05, 0.1) is 0 Å². The summed E-state index contributed by atoms with van der Waals surface area (Å²) in [6, 6.07) is 20.0. The van der Waals surface area contributed by atoms with Crippen LogP contribution in [0.5, 0.6) is 0 Å². The van der Waals surface area contributed by atoms with Gasteiger partial charge in [-0.15, -0.1) is 0 Å². The SMILES string of the molecule is CCC(=O)CCCCC[C@@H]1NC(=O)C2CCCCN2C(=O)[C@H](C(C)CC)NC(=O)[C@H](Cc2cn(CC(=O)NCCCCCCNC(=O)C=Cc3ccc(C(=O)c4ccccc4)cc3)c3ccccc23)NC1=O. The van der Waals surface area contributed by atoms with E-state index in [2.05, 4.69) is 26.6 Å². The highest BCUT2D eigenvalue weighted by atomic mass is 16.2. The second kappa shape index (κ2) is 27.6. The first-order valence-corrected chi connectivity index (χ1v) is 26.1. The van der Waals surface area contributed by atoms with Crippen LogP contribution in [0.3, 0.4) is 0 Å². The second-order valence-electron chi connectivity index (χ2n) is 19.2. The molecular weight excluding hydrogens is 911 g/mol. The third-order valence-electron chi connectivity index (χ3n) is 13.9. The minimum atomic E-state index is -1.12. The lowest BCUT2D eigenvalue weighted by Crippen LogP contribution is -2.64. The van der Waals surface area contributed by atoms with Gasteiger partial charge in [-0.1, -0.05) is 126 Å². The lowest BCUT2D eigenvalue weighted by Gasteiger charge is -2.39. The number of aromatic nitrogens is 1. The van der Waals surface area contributed by atoms with Crippen LogP contribution in [0.25, 0.3) is 17.0 Å². The molecule has 2 aliphatic heterocycles. The monoisotopic (exact) mass is 984 g/mol. The third kappa shape index (κ3) is 15.5.